The minimum Gasteiger partial charge on any atom is -0.309 e. The molecule has 3 heterocycles. The number of pyridine rings is 2. The van der Waals surface area contributed by atoms with Crippen molar-refractivity contribution in [3.05, 3.63) is 259 Å². The van der Waals surface area contributed by atoms with Gasteiger partial charge in [-0.05, 0) is 142 Å². The van der Waals surface area contributed by atoms with Gasteiger partial charge in [0, 0.05) is 57.2 Å². The predicted octanol–water partition coefficient (Wildman–Crippen LogP) is 15.0. The Morgan fingerprint density at radius 2 is 1.00 bits per heavy atom. The van der Waals surface area contributed by atoms with E-state index in [4.69, 9.17) is 9.97 Å². The van der Waals surface area contributed by atoms with Crippen molar-refractivity contribution in [2.24, 2.45) is 0 Å². The lowest BCUT2D eigenvalue weighted by molar-refractivity contribution is 0.591. The Kier molecular flexibility index (Phi) is 8.24. The third kappa shape index (κ3) is 5.38. The number of fused-ring (bicyclic) bond motifs is 14. The fourth-order valence-electron chi connectivity index (χ4n) is 10.9. The molecule has 65 heavy (non-hydrogen) atoms. The second-order valence-corrected chi connectivity index (χ2v) is 16.7. The van der Waals surface area contributed by atoms with Crippen LogP contribution in [0, 0.1) is 5.82 Å². The Morgan fingerprint density at radius 1 is 0.415 bits per heavy atom. The fraction of sp³-hybridized carbons (Fsp3) is 0.0169. The maximum atomic E-state index is 17.4. The minimum absolute atomic E-state index is 0.226. The third-order valence-corrected chi connectivity index (χ3v) is 13.3. The summed E-state index contributed by atoms with van der Waals surface area (Å²) in [6.45, 7) is 0. The van der Waals surface area contributed by atoms with Crippen LogP contribution in [0.15, 0.2) is 231 Å². The molecule has 1 spiro atoms. The molecule has 1 unspecified atom stereocenters. The van der Waals surface area contributed by atoms with Crippen molar-refractivity contribution in [2.45, 2.75) is 5.41 Å². The van der Waals surface area contributed by atoms with E-state index in [1.165, 1.54) is 0 Å². The lowest BCUT2D eigenvalue weighted by atomic mass is 9.70. The van der Waals surface area contributed by atoms with Gasteiger partial charge >= 0.3 is 0 Å². The lowest BCUT2D eigenvalue weighted by Crippen LogP contribution is -2.27. The number of hydrogen-bond donors (Lipinski definition) is 0. The minimum atomic E-state index is -0.971. The number of nitrogens with zero attached hydrogens (tertiary/aromatic N) is 5. The van der Waals surface area contributed by atoms with Crippen LogP contribution in [-0.2, 0) is 5.41 Å². The number of para-hydroxylation sites is 3. The maximum Gasteiger partial charge on any atom is 0.137 e. The Bertz CT molecular complexity index is 3530. The average Bonchev–Trinajstić information content (AvgIpc) is 3.97. The van der Waals surface area contributed by atoms with Crippen molar-refractivity contribution in [3.63, 3.8) is 0 Å². The molecular weight excluding hydrogens is 798 g/mol. The van der Waals surface area contributed by atoms with Crippen LogP contribution in [0.1, 0.15) is 22.3 Å². The van der Waals surface area contributed by atoms with E-state index < -0.39 is 5.41 Å². The molecule has 2 aliphatic rings. The van der Waals surface area contributed by atoms with E-state index in [2.05, 4.69) is 172 Å². The summed E-state index contributed by atoms with van der Waals surface area (Å²) in [5.41, 5.74) is 14.1. The number of hydrogen-bond acceptors (Lipinski definition) is 4. The van der Waals surface area contributed by atoms with Gasteiger partial charge < -0.3 is 4.57 Å². The zero-order chi connectivity index (χ0) is 43.1. The normalized spacial score (nSPS) is 14.3. The molecule has 1 atom stereocenters. The predicted molar refractivity (Wildman–Crippen MR) is 262 cm³/mol. The van der Waals surface area contributed by atoms with E-state index in [0.29, 0.717) is 5.56 Å². The molecule has 0 radical (unpaired) electrons. The molecule has 0 saturated carbocycles. The Morgan fingerprint density at radius 3 is 1.68 bits per heavy atom. The summed E-state index contributed by atoms with van der Waals surface area (Å²) in [5, 5.41) is 2.19. The van der Waals surface area contributed by atoms with Crippen LogP contribution >= 0.6 is 0 Å². The number of benzene rings is 8. The number of rotatable bonds is 7. The second kappa shape index (κ2) is 14.5. The lowest BCUT2D eigenvalue weighted by Gasteiger charge is -2.32. The first-order chi connectivity index (χ1) is 32.2. The number of anilines is 6. The summed E-state index contributed by atoms with van der Waals surface area (Å²) in [7, 11) is 0. The molecular formula is C59H38FN5. The van der Waals surface area contributed by atoms with E-state index in [-0.39, 0.29) is 5.82 Å². The Balaban J connectivity index is 1.17. The number of halogens is 1. The molecule has 6 heteroatoms. The molecule has 306 valence electrons. The van der Waals surface area contributed by atoms with Gasteiger partial charge in [0.25, 0.3) is 0 Å². The van der Waals surface area contributed by atoms with Gasteiger partial charge in [-0.25, -0.2) is 14.4 Å². The molecule has 0 aliphatic heterocycles. The molecule has 0 fully saturated rings. The van der Waals surface area contributed by atoms with Crippen molar-refractivity contribution in [1.29, 1.82) is 0 Å². The van der Waals surface area contributed by atoms with Gasteiger partial charge in [0.15, 0.2) is 0 Å². The van der Waals surface area contributed by atoms with Crippen LogP contribution in [0.3, 0.4) is 0 Å². The first-order valence-electron chi connectivity index (χ1n) is 21.9. The zero-order valence-electron chi connectivity index (χ0n) is 35.1. The van der Waals surface area contributed by atoms with Crippen molar-refractivity contribution in [2.75, 3.05) is 9.80 Å². The Hall–Kier alpha value is -8.61. The molecule has 0 bridgehead atoms. The average molecular weight is 836 g/mol. The summed E-state index contributed by atoms with van der Waals surface area (Å²) in [6.07, 6.45) is 3.67. The quantitative estimate of drug-likeness (QED) is 0.160. The molecule has 2 aliphatic carbocycles. The summed E-state index contributed by atoms with van der Waals surface area (Å²) in [4.78, 5) is 14.1. The highest BCUT2D eigenvalue weighted by molar-refractivity contribution is 6.20. The van der Waals surface area contributed by atoms with Crippen molar-refractivity contribution < 1.29 is 4.39 Å². The first-order valence-corrected chi connectivity index (χ1v) is 21.9. The van der Waals surface area contributed by atoms with Gasteiger partial charge in [0.05, 0.1) is 16.4 Å². The summed E-state index contributed by atoms with van der Waals surface area (Å²) in [5.74, 6) is 1.38. The monoisotopic (exact) mass is 835 g/mol. The summed E-state index contributed by atoms with van der Waals surface area (Å²) in [6, 6.07) is 75.4. The van der Waals surface area contributed by atoms with Crippen molar-refractivity contribution in [3.8, 4) is 27.9 Å². The van der Waals surface area contributed by atoms with Gasteiger partial charge in [0.2, 0.25) is 0 Å². The van der Waals surface area contributed by atoms with Crippen LogP contribution in [0.2, 0.25) is 0 Å². The molecule has 0 N–H and O–H groups in total. The van der Waals surface area contributed by atoms with Gasteiger partial charge in [-0.1, -0.05) is 115 Å². The molecule has 0 amide bonds. The van der Waals surface area contributed by atoms with Crippen LogP contribution in [-0.4, -0.2) is 14.5 Å². The van der Waals surface area contributed by atoms with Crippen LogP contribution in [0.4, 0.5) is 38.8 Å². The highest BCUT2D eigenvalue weighted by Gasteiger charge is 2.54. The highest BCUT2D eigenvalue weighted by atomic mass is 19.1. The smallest absolute Gasteiger partial charge is 0.137 e. The zero-order valence-corrected chi connectivity index (χ0v) is 35.1. The van der Waals surface area contributed by atoms with Crippen molar-refractivity contribution in [1.82, 2.24) is 14.5 Å². The highest BCUT2D eigenvalue weighted by Crippen LogP contribution is 2.65. The summed E-state index contributed by atoms with van der Waals surface area (Å²) < 4.78 is 19.7. The third-order valence-electron chi connectivity index (χ3n) is 13.3. The second-order valence-electron chi connectivity index (χ2n) is 16.7. The Labute approximate surface area is 375 Å². The van der Waals surface area contributed by atoms with E-state index >= 15 is 4.39 Å². The van der Waals surface area contributed by atoms with Gasteiger partial charge in [0.1, 0.15) is 17.5 Å². The first kappa shape index (κ1) is 37.0. The van der Waals surface area contributed by atoms with E-state index in [1.807, 2.05) is 67.0 Å². The van der Waals surface area contributed by atoms with Gasteiger partial charge in [-0.15, -0.1) is 0 Å². The molecule has 11 aromatic rings. The molecule has 13 rings (SSSR count). The van der Waals surface area contributed by atoms with Gasteiger partial charge in [-0.2, -0.15) is 0 Å². The molecule has 8 aromatic carbocycles. The van der Waals surface area contributed by atoms with Crippen LogP contribution in [0.25, 0.3) is 49.7 Å². The summed E-state index contributed by atoms with van der Waals surface area (Å²) >= 11 is 0. The van der Waals surface area contributed by atoms with Gasteiger partial charge in [-0.3, -0.25) is 9.80 Å². The molecule has 3 aromatic heterocycles. The van der Waals surface area contributed by atoms with E-state index in [9.17, 15) is 0 Å². The van der Waals surface area contributed by atoms with E-state index in [0.717, 1.165) is 101 Å². The number of aromatic nitrogens is 3. The molecule has 0 saturated heterocycles. The van der Waals surface area contributed by atoms with Crippen LogP contribution < -0.4 is 9.80 Å². The van der Waals surface area contributed by atoms with E-state index in [1.54, 1.807) is 6.07 Å². The van der Waals surface area contributed by atoms with Crippen LogP contribution in [0.5, 0.6) is 0 Å². The SMILES string of the molecule is Fc1cccc2c1C1(c3ccccc3-2)c2cc(N(c3ccccc3)c3ccccn3)ccc2-c2c1ccc1c2c2cc(N(c3ccccc3)c3ccccn3)ccc2n1-c1ccccc1. The molecule has 5 nitrogen and oxygen atoms in total. The van der Waals surface area contributed by atoms with Crippen molar-refractivity contribution >= 4 is 56.2 Å². The fourth-order valence-corrected chi connectivity index (χ4v) is 10.9. The maximum absolute atomic E-state index is 17.4. The standard InChI is InChI=1S/C59H38FN5/c60-51-26-16-24-45-44-23-10-11-25-48(44)59(58(45)51)49-32-34-53-57(56(49)46-31-29-43(38-50(46)59)64(40-19-6-2-7-20-40)55-28-13-15-36-62-55)47-37-42(30-33-52(47)65(53)41-21-8-3-9-22-41)63(39-17-4-1-5-18-39)54-27-12-14-35-61-54/h1-38H. The topological polar surface area (TPSA) is 37.2 Å². The largest absolute Gasteiger partial charge is 0.309 e.